The van der Waals surface area contributed by atoms with Gasteiger partial charge in [-0.2, -0.15) is 13.2 Å². The van der Waals surface area contributed by atoms with Crippen LogP contribution in [0, 0.1) is 23.7 Å². The first-order chi connectivity index (χ1) is 18.1. The third-order valence-corrected chi connectivity index (χ3v) is 7.87. The average Bonchev–Trinajstić information content (AvgIpc) is 3.37. The average molecular weight is 522 g/mol. The van der Waals surface area contributed by atoms with Gasteiger partial charge in [0.25, 0.3) is 0 Å². The van der Waals surface area contributed by atoms with Crippen molar-refractivity contribution in [3.05, 3.63) is 95.8 Å². The van der Waals surface area contributed by atoms with Crippen molar-refractivity contribution in [1.82, 2.24) is 9.97 Å². The van der Waals surface area contributed by atoms with Crippen LogP contribution in [-0.4, -0.2) is 23.1 Å². The van der Waals surface area contributed by atoms with Crippen LogP contribution < -0.4 is 4.90 Å². The largest absolute Gasteiger partial charge is 0.433 e. The summed E-state index contributed by atoms with van der Waals surface area (Å²) in [5.74, 6) is 1.57. The van der Waals surface area contributed by atoms with Gasteiger partial charge in [0.2, 0.25) is 0 Å². The third-order valence-electron chi connectivity index (χ3n) is 7.87. The van der Waals surface area contributed by atoms with E-state index in [0.717, 1.165) is 18.9 Å². The molecule has 1 N–H and O–H groups in total. The molecule has 38 heavy (non-hydrogen) atoms. The van der Waals surface area contributed by atoms with Crippen molar-refractivity contribution < 1.29 is 13.2 Å². The highest BCUT2D eigenvalue weighted by Crippen LogP contribution is 2.35. The Kier molecular flexibility index (Phi) is 8.80. The first-order valence-corrected chi connectivity index (χ1v) is 13.5. The van der Waals surface area contributed by atoms with E-state index in [4.69, 9.17) is 0 Å². The van der Waals surface area contributed by atoms with E-state index in [1.54, 1.807) is 12.3 Å². The molecule has 0 radical (unpaired) electrons. The molecule has 4 atom stereocenters. The molecule has 0 bridgehead atoms. The van der Waals surface area contributed by atoms with Crippen molar-refractivity contribution in [3.63, 3.8) is 0 Å². The monoisotopic (exact) mass is 521 g/mol. The highest BCUT2D eigenvalue weighted by molar-refractivity contribution is 5.89. The number of aromatic nitrogens is 2. The van der Waals surface area contributed by atoms with E-state index < -0.39 is 11.9 Å². The molecule has 0 aliphatic rings. The molecule has 2 heterocycles. The zero-order chi connectivity index (χ0) is 27.3. The Hall–Kier alpha value is -3.28. The fourth-order valence-electron chi connectivity index (χ4n) is 5.10. The van der Waals surface area contributed by atoms with Gasteiger partial charge in [-0.25, -0.2) is 4.98 Å². The van der Waals surface area contributed by atoms with Crippen LogP contribution in [0.1, 0.15) is 44.5 Å². The van der Waals surface area contributed by atoms with E-state index in [1.807, 2.05) is 36.4 Å². The van der Waals surface area contributed by atoms with Gasteiger partial charge in [-0.1, -0.05) is 88.4 Å². The van der Waals surface area contributed by atoms with Gasteiger partial charge < -0.3 is 9.88 Å². The Morgan fingerprint density at radius 1 is 0.737 bits per heavy atom. The second-order valence-corrected chi connectivity index (χ2v) is 11.0. The molecule has 0 aliphatic carbocycles. The Morgan fingerprint density at radius 3 is 1.71 bits per heavy atom. The second kappa shape index (κ2) is 12.1. The van der Waals surface area contributed by atoms with Crippen molar-refractivity contribution in [3.8, 4) is 0 Å². The van der Waals surface area contributed by atoms with Crippen LogP contribution in [0.5, 0.6) is 0 Å². The van der Waals surface area contributed by atoms with Crippen molar-refractivity contribution >= 4 is 16.7 Å². The fraction of sp³-hybridized carbons (Fsp3) is 0.406. The number of hydrogen-bond acceptors (Lipinski definition) is 2. The second-order valence-electron chi connectivity index (χ2n) is 11.0. The van der Waals surface area contributed by atoms with E-state index in [0.29, 0.717) is 41.6 Å². The number of alkyl halides is 3. The number of hydrogen-bond donors (Lipinski definition) is 1. The lowest BCUT2D eigenvalue weighted by molar-refractivity contribution is -0.141. The maximum Gasteiger partial charge on any atom is 0.433 e. The van der Waals surface area contributed by atoms with E-state index in [2.05, 4.69) is 66.8 Å². The van der Waals surface area contributed by atoms with Crippen molar-refractivity contribution in [2.75, 3.05) is 18.0 Å². The van der Waals surface area contributed by atoms with Crippen LogP contribution in [0.4, 0.5) is 19.0 Å². The van der Waals surface area contributed by atoms with Crippen LogP contribution in [0.3, 0.4) is 0 Å². The standard InChI is InChI=1S/C32H38F3N3/c1-22(17-26-11-7-5-8-12-26)24(3)20-38(21-25(4)23(2)18-27-13-9-6-10-14-27)31-30-28(15-16-36-30)19-29(37-31)32(33,34)35/h5-16,19,22-25,36H,17-18,20-21H2,1-4H3. The first-order valence-electron chi connectivity index (χ1n) is 13.5. The molecule has 6 heteroatoms. The van der Waals surface area contributed by atoms with Gasteiger partial charge >= 0.3 is 6.18 Å². The maximum atomic E-state index is 13.8. The molecule has 0 spiro atoms. The van der Waals surface area contributed by atoms with Crippen LogP contribution in [0.25, 0.3) is 10.9 Å². The minimum atomic E-state index is -4.51. The summed E-state index contributed by atoms with van der Waals surface area (Å²) in [5.41, 5.74) is 2.35. The molecule has 2 aromatic carbocycles. The van der Waals surface area contributed by atoms with Gasteiger partial charge in [0.15, 0.2) is 5.82 Å². The summed E-state index contributed by atoms with van der Waals surface area (Å²) in [5, 5.41) is 0.530. The smallest absolute Gasteiger partial charge is 0.358 e. The Bertz CT molecular complexity index is 1230. The van der Waals surface area contributed by atoms with Crippen LogP contribution >= 0.6 is 0 Å². The lowest BCUT2D eigenvalue weighted by Gasteiger charge is -2.34. The van der Waals surface area contributed by atoms with Gasteiger partial charge in [-0.3, -0.25) is 0 Å². The molecule has 2 aromatic heterocycles. The molecule has 4 unspecified atom stereocenters. The number of benzene rings is 2. The molecule has 0 saturated heterocycles. The van der Waals surface area contributed by atoms with Gasteiger partial charge in [0.05, 0.1) is 5.52 Å². The molecule has 0 aliphatic heterocycles. The predicted octanol–water partition coefficient (Wildman–Crippen LogP) is 8.42. The fourth-order valence-corrected chi connectivity index (χ4v) is 5.10. The maximum absolute atomic E-state index is 13.8. The van der Waals surface area contributed by atoms with Crippen LogP contribution in [0.15, 0.2) is 79.0 Å². The number of aromatic amines is 1. The van der Waals surface area contributed by atoms with Gasteiger partial charge in [-0.05, 0) is 59.8 Å². The first kappa shape index (κ1) is 27.7. The number of nitrogens with zero attached hydrogens (tertiary/aromatic N) is 2. The molecule has 0 saturated carbocycles. The third kappa shape index (κ3) is 6.97. The molecule has 4 aromatic rings. The lowest BCUT2D eigenvalue weighted by atomic mass is 9.87. The molecule has 3 nitrogen and oxygen atoms in total. The summed E-state index contributed by atoms with van der Waals surface area (Å²) >= 11 is 0. The molecule has 4 rings (SSSR count). The summed E-state index contributed by atoms with van der Waals surface area (Å²) in [4.78, 5) is 9.46. The topological polar surface area (TPSA) is 31.9 Å². The molecular weight excluding hydrogens is 483 g/mol. The van der Waals surface area contributed by atoms with Crippen molar-refractivity contribution in [1.29, 1.82) is 0 Å². The van der Waals surface area contributed by atoms with E-state index in [1.165, 1.54) is 11.1 Å². The Labute approximate surface area is 224 Å². The number of H-pyrrole nitrogens is 1. The zero-order valence-electron chi connectivity index (χ0n) is 22.7. The number of fused-ring (bicyclic) bond motifs is 1. The highest BCUT2D eigenvalue weighted by Gasteiger charge is 2.35. The lowest BCUT2D eigenvalue weighted by Crippen LogP contribution is -2.37. The number of pyridine rings is 1. The quantitative estimate of drug-likeness (QED) is 0.215. The van der Waals surface area contributed by atoms with Gasteiger partial charge in [0, 0.05) is 24.7 Å². The number of nitrogens with one attached hydrogen (secondary N) is 1. The predicted molar refractivity (Wildman–Crippen MR) is 150 cm³/mol. The van der Waals surface area contributed by atoms with Crippen LogP contribution in [-0.2, 0) is 19.0 Å². The van der Waals surface area contributed by atoms with Crippen LogP contribution in [0.2, 0.25) is 0 Å². The summed E-state index contributed by atoms with van der Waals surface area (Å²) in [6.45, 7) is 10.1. The number of anilines is 1. The number of rotatable bonds is 11. The number of halogens is 3. The highest BCUT2D eigenvalue weighted by atomic mass is 19.4. The SMILES string of the molecule is CC(Cc1ccccc1)C(C)CN(CC(C)C(C)Cc1ccccc1)c1nc(C(F)(F)F)cc2cc[nH]c12. The summed E-state index contributed by atoms with van der Waals surface area (Å²) in [7, 11) is 0. The van der Waals surface area contributed by atoms with Gasteiger partial charge in [-0.15, -0.1) is 0 Å². The summed E-state index contributed by atoms with van der Waals surface area (Å²) < 4.78 is 41.5. The Morgan fingerprint density at radius 2 is 1.24 bits per heavy atom. The van der Waals surface area contributed by atoms with E-state index in [-0.39, 0.29) is 11.8 Å². The minimum absolute atomic E-state index is 0.244. The summed E-state index contributed by atoms with van der Waals surface area (Å²) in [6, 6.07) is 23.6. The normalized spacial score (nSPS) is 15.2. The minimum Gasteiger partial charge on any atom is -0.358 e. The summed E-state index contributed by atoms with van der Waals surface area (Å²) in [6.07, 6.45) is -0.977. The Balaban J connectivity index is 1.62. The van der Waals surface area contributed by atoms with E-state index >= 15 is 0 Å². The molecule has 0 fully saturated rings. The molecule has 0 amide bonds. The van der Waals surface area contributed by atoms with Gasteiger partial charge in [0.1, 0.15) is 5.69 Å². The molecular formula is C32H38F3N3. The van der Waals surface area contributed by atoms with Crippen molar-refractivity contribution in [2.45, 2.75) is 46.7 Å². The zero-order valence-corrected chi connectivity index (χ0v) is 22.7. The van der Waals surface area contributed by atoms with Crippen molar-refractivity contribution in [2.24, 2.45) is 23.7 Å². The molecule has 202 valence electrons. The van der Waals surface area contributed by atoms with E-state index in [9.17, 15) is 13.2 Å².